The summed E-state index contributed by atoms with van der Waals surface area (Å²) in [5, 5.41) is 10.5. The number of sulfonamides is 1. The molecule has 9 heteroatoms. The van der Waals surface area contributed by atoms with E-state index >= 15 is 0 Å². The van der Waals surface area contributed by atoms with Gasteiger partial charge in [-0.1, -0.05) is 6.07 Å². The minimum Gasteiger partial charge on any atom is -0.319 e. The molecule has 1 amide bonds. The average molecular weight is 377 g/mol. The van der Waals surface area contributed by atoms with E-state index in [0.29, 0.717) is 17.1 Å². The van der Waals surface area contributed by atoms with Crippen molar-refractivity contribution in [2.45, 2.75) is 25.8 Å². The Bertz CT molecular complexity index is 901. The lowest BCUT2D eigenvalue weighted by atomic mass is 10.1. The van der Waals surface area contributed by atoms with Crippen LogP contribution in [0.15, 0.2) is 30.5 Å². The summed E-state index contributed by atoms with van der Waals surface area (Å²) in [5.41, 5.74) is 1.91. The van der Waals surface area contributed by atoms with Crippen LogP contribution < -0.4 is 15.4 Å². The minimum absolute atomic E-state index is 0.242. The Kier molecular flexibility index (Phi) is 5.28. The van der Waals surface area contributed by atoms with Gasteiger partial charge in [0.15, 0.2) is 5.69 Å². The van der Waals surface area contributed by atoms with Crippen molar-refractivity contribution in [3.63, 3.8) is 0 Å². The van der Waals surface area contributed by atoms with Gasteiger partial charge in [-0.3, -0.25) is 14.2 Å². The number of piperidine rings is 1. The molecule has 0 saturated carbocycles. The molecule has 2 heterocycles. The number of rotatable bonds is 5. The van der Waals surface area contributed by atoms with Gasteiger partial charge in [0, 0.05) is 12.7 Å². The number of nitrogens with zero attached hydrogens (tertiary/aromatic N) is 2. The number of benzene rings is 1. The first-order valence-electron chi connectivity index (χ1n) is 8.47. The molecule has 0 radical (unpaired) electrons. The first kappa shape index (κ1) is 18.4. The molecule has 0 aliphatic carbocycles. The van der Waals surface area contributed by atoms with Crippen LogP contribution in [0.1, 0.15) is 34.9 Å². The lowest BCUT2D eigenvalue weighted by Gasteiger charge is -2.22. The van der Waals surface area contributed by atoms with E-state index in [4.69, 9.17) is 0 Å². The summed E-state index contributed by atoms with van der Waals surface area (Å²) in [4.78, 5) is 12.6. The molecule has 2 aromatic rings. The fraction of sp³-hybridized carbons (Fsp3) is 0.412. The Labute approximate surface area is 153 Å². The van der Waals surface area contributed by atoms with Crippen LogP contribution in [0.2, 0.25) is 0 Å². The highest BCUT2D eigenvalue weighted by Crippen LogP contribution is 2.25. The second kappa shape index (κ2) is 7.46. The van der Waals surface area contributed by atoms with Crippen molar-refractivity contribution in [3.05, 3.63) is 41.7 Å². The molecule has 1 aromatic heterocycles. The smallest absolute Gasteiger partial charge is 0.276 e. The van der Waals surface area contributed by atoms with E-state index in [2.05, 4.69) is 20.5 Å². The van der Waals surface area contributed by atoms with Crippen molar-refractivity contribution in [1.82, 2.24) is 15.1 Å². The normalized spacial score (nSPS) is 17.7. The zero-order valence-electron chi connectivity index (χ0n) is 14.8. The monoisotopic (exact) mass is 377 g/mol. The van der Waals surface area contributed by atoms with Crippen molar-refractivity contribution < 1.29 is 13.2 Å². The van der Waals surface area contributed by atoms with E-state index in [1.807, 2.05) is 11.6 Å². The van der Waals surface area contributed by atoms with Gasteiger partial charge in [-0.15, -0.1) is 0 Å². The zero-order valence-corrected chi connectivity index (χ0v) is 15.6. The van der Waals surface area contributed by atoms with Gasteiger partial charge in [0.1, 0.15) is 0 Å². The second-order valence-electron chi connectivity index (χ2n) is 6.56. The maximum atomic E-state index is 12.6. The SMILES string of the molecule is Cc1ccc(NS(C)(=O)=O)c(NC(=O)c2ccn(C3CCCNC3)n2)c1. The zero-order chi connectivity index (χ0) is 18.7. The number of hydrogen-bond acceptors (Lipinski definition) is 5. The first-order chi connectivity index (χ1) is 12.3. The highest BCUT2D eigenvalue weighted by molar-refractivity contribution is 7.92. The van der Waals surface area contributed by atoms with Gasteiger partial charge >= 0.3 is 0 Å². The van der Waals surface area contributed by atoms with Gasteiger partial charge in [-0.25, -0.2) is 8.42 Å². The lowest BCUT2D eigenvalue weighted by molar-refractivity contribution is 0.102. The maximum absolute atomic E-state index is 12.6. The van der Waals surface area contributed by atoms with Gasteiger partial charge in [0.25, 0.3) is 5.91 Å². The molecule has 3 N–H and O–H groups in total. The molecule has 8 nitrogen and oxygen atoms in total. The third-order valence-electron chi connectivity index (χ3n) is 4.20. The van der Waals surface area contributed by atoms with Crippen LogP contribution in [-0.4, -0.2) is 43.5 Å². The molecule has 0 spiro atoms. The molecular weight excluding hydrogens is 354 g/mol. The molecule has 1 aliphatic heterocycles. The van der Waals surface area contributed by atoms with Crippen LogP contribution in [0.4, 0.5) is 11.4 Å². The number of carbonyl (C=O) groups is 1. The van der Waals surface area contributed by atoms with E-state index in [9.17, 15) is 13.2 Å². The summed E-state index contributed by atoms with van der Waals surface area (Å²) in [6.45, 7) is 3.71. The van der Waals surface area contributed by atoms with E-state index in [1.165, 1.54) is 0 Å². The van der Waals surface area contributed by atoms with Crippen molar-refractivity contribution in [2.75, 3.05) is 29.4 Å². The number of aryl methyl sites for hydroxylation is 1. The predicted molar refractivity (Wildman–Crippen MR) is 101 cm³/mol. The van der Waals surface area contributed by atoms with Crippen LogP contribution in [0.5, 0.6) is 0 Å². The van der Waals surface area contributed by atoms with Crippen molar-refractivity contribution in [1.29, 1.82) is 0 Å². The second-order valence-corrected chi connectivity index (χ2v) is 8.31. The molecule has 1 fully saturated rings. The van der Waals surface area contributed by atoms with Gasteiger partial charge in [0.05, 0.1) is 23.7 Å². The van der Waals surface area contributed by atoms with E-state index in [0.717, 1.165) is 37.8 Å². The number of amides is 1. The molecule has 26 heavy (non-hydrogen) atoms. The molecule has 1 saturated heterocycles. The quantitative estimate of drug-likeness (QED) is 0.736. The highest BCUT2D eigenvalue weighted by Gasteiger charge is 2.18. The van der Waals surface area contributed by atoms with Gasteiger partial charge in [-0.2, -0.15) is 5.10 Å². The summed E-state index contributed by atoms with van der Waals surface area (Å²) < 4.78 is 27.3. The van der Waals surface area contributed by atoms with Crippen LogP contribution in [0.25, 0.3) is 0 Å². The van der Waals surface area contributed by atoms with Crippen LogP contribution >= 0.6 is 0 Å². The Balaban J connectivity index is 1.77. The third kappa shape index (κ3) is 4.61. The van der Waals surface area contributed by atoms with Crippen LogP contribution in [0.3, 0.4) is 0 Å². The molecule has 0 bridgehead atoms. The molecule has 1 unspecified atom stereocenters. The lowest BCUT2D eigenvalue weighted by Crippen LogP contribution is -2.32. The fourth-order valence-electron chi connectivity index (χ4n) is 2.96. The van der Waals surface area contributed by atoms with E-state index in [1.54, 1.807) is 30.5 Å². The molecular formula is C17H23N5O3S. The summed E-state index contributed by atoms with van der Waals surface area (Å²) in [7, 11) is -3.45. The van der Waals surface area contributed by atoms with E-state index < -0.39 is 10.0 Å². The summed E-state index contributed by atoms with van der Waals surface area (Å²) in [6, 6.07) is 7.02. The fourth-order valence-corrected chi connectivity index (χ4v) is 3.54. The number of carbonyl (C=O) groups excluding carboxylic acids is 1. The first-order valence-corrected chi connectivity index (χ1v) is 10.4. The van der Waals surface area contributed by atoms with Crippen molar-refractivity contribution in [3.8, 4) is 0 Å². The van der Waals surface area contributed by atoms with Crippen LogP contribution in [0, 0.1) is 6.92 Å². The maximum Gasteiger partial charge on any atom is 0.276 e. The number of anilines is 2. The molecule has 1 atom stereocenters. The summed E-state index contributed by atoms with van der Waals surface area (Å²) in [5.74, 6) is -0.380. The Morgan fingerprint density at radius 3 is 2.81 bits per heavy atom. The summed E-state index contributed by atoms with van der Waals surface area (Å²) in [6.07, 6.45) is 4.97. The van der Waals surface area contributed by atoms with Gasteiger partial charge in [0.2, 0.25) is 10.0 Å². The summed E-state index contributed by atoms with van der Waals surface area (Å²) >= 11 is 0. The predicted octanol–water partition coefficient (Wildman–Crippen LogP) is 1.74. The highest BCUT2D eigenvalue weighted by atomic mass is 32.2. The molecule has 1 aliphatic rings. The number of hydrogen-bond donors (Lipinski definition) is 3. The Hall–Kier alpha value is -2.39. The minimum atomic E-state index is -3.45. The average Bonchev–Trinajstić information content (AvgIpc) is 3.07. The van der Waals surface area contributed by atoms with Crippen molar-refractivity contribution >= 4 is 27.3 Å². The Morgan fingerprint density at radius 1 is 1.31 bits per heavy atom. The Morgan fingerprint density at radius 2 is 2.12 bits per heavy atom. The molecule has 140 valence electrons. The topological polar surface area (TPSA) is 105 Å². The van der Waals surface area contributed by atoms with E-state index in [-0.39, 0.29) is 11.9 Å². The van der Waals surface area contributed by atoms with Crippen molar-refractivity contribution in [2.24, 2.45) is 0 Å². The third-order valence-corrected chi connectivity index (χ3v) is 4.80. The van der Waals surface area contributed by atoms with Gasteiger partial charge < -0.3 is 10.6 Å². The molecule has 3 rings (SSSR count). The van der Waals surface area contributed by atoms with Gasteiger partial charge in [-0.05, 0) is 50.1 Å². The number of aromatic nitrogens is 2. The standard InChI is InChI=1S/C17H23N5O3S/c1-12-5-6-14(21-26(2,24)25)16(10-12)19-17(23)15-7-9-22(20-15)13-4-3-8-18-11-13/h5-7,9-10,13,18,21H,3-4,8,11H2,1-2H3,(H,19,23). The number of nitrogens with one attached hydrogen (secondary N) is 3. The largest absolute Gasteiger partial charge is 0.319 e. The molecule has 1 aromatic carbocycles. The van der Waals surface area contributed by atoms with Crippen LogP contribution in [-0.2, 0) is 10.0 Å².